The summed E-state index contributed by atoms with van der Waals surface area (Å²) in [6.07, 6.45) is 5.40. The lowest BCUT2D eigenvalue weighted by Crippen LogP contribution is -2.43. The van der Waals surface area contributed by atoms with Gasteiger partial charge in [0.2, 0.25) is 5.91 Å². The summed E-state index contributed by atoms with van der Waals surface area (Å²) in [5, 5.41) is 3.89. The maximum Gasteiger partial charge on any atom is 0.328 e. The van der Waals surface area contributed by atoms with E-state index in [4.69, 9.17) is 4.74 Å². The van der Waals surface area contributed by atoms with Gasteiger partial charge in [-0.1, -0.05) is 37.1 Å². The molecule has 1 fully saturated rings. The average molecular weight is 340 g/mol. The number of para-hydroxylation sites is 1. The molecule has 1 aliphatic carbocycles. The molecule has 1 aromatic heterocycles. The summed E-state index contributed by atoms with van der Waals surface area (Å²) in [6, 6.07) is 11.0. The van der Waals surface area contributed by atoms with Crippen molar-refractivity contribution in [1.82, 2.24) is 10.3 Å². The number of ether oxygens (including phenoxy) is 1. The average Bonchev–Trinajstić information content (AvgIpc) is 3.13. The molecule has 0 aliphatic heterocycles. The topological polar surface area (TPSA) is 68.3 Å². The molecule has 2 aromatic rings. The fourth-order valence-corrected chi connectivity index (χ4v) is 3.50. The van der Waals surface area contributed by atoms with Crippen LogP contribution in [-0.2, 0) is 20.7 Å². The minimum Gasteiger partial charge on any atom is -0.467 e. The lowest BCUT2D eigenvalue weighted by molar-refractivity contribution is -0.145. The molecule has 5 nitrogen and oxygen atoms in total. The molecule has 0 radical (unpaired) electrons. The quantitative estimate of drug-likeness (QED) is 0.821. The molecular weight excluding hydrogens is 316 g/mol. The number of rotatable bonds is 6. The molecule has 1 heterocycles. The number of fused-ring (bicyclic) bond motifs is 1. The maximum atomic E-state index is 12.3. The van der Waals surface area contributed by atoms with Crippen molar-refractivity contribution in [2.24, 2.45) is 5.92 Å². The van der Waals surface area contributed by atoms with E-state index in [-0.39, 0.29) is 5.91 Å². The first-order valence-corrected chi connectivity index (χ1v) is 8.87. The zero-order valence-corrected chi connectivity index (χ0v) is 14.5. The van der Waals surface area contributed by atoms with E-state index in [2.05, 4.69) is 10.3 Å². The van der Waals surface area contributed by atoms with Crippen LogP contribution in [-0.4, -0.2) is 30.0 Å². The van der Waals surface area contributed by atoms with E-state index in [1.807, 2.05) is 36.4 Å². The van der Waals surface area contributed by atoms with Crippen LogP contribution >= 0.6 is 0 Å². The summed E-state index contributed by atoms with van der Waals surface area (Å²) in [6.45, 7) is 0. The van der Waals surface area contributed by atoms with Crippen LogP contribution in [0.3, 0.4) is 0 Å². The number of methoxy groups -OCH3 is 1. The van der Waals surface area contributed by atoms with Gasteiger partial charge in [-0.15, -0.1) is 0 Å². The molecule has 0 bridgehead atoms. The Kier molecular flexibility index (Phi) is 5.64. The van der Waals surface area contributed by atoms with Gasteiger partial charge in [0.15, 0.2) is 0 Å². The highest BCUT2D eigenvalue weighted by Gasteiger charge is 2.25. The Morgan fingerprint density at radius 1 is 1.20 bits per heavy atom. The van der Waals surface area contributed by atoms with Gasteiger partial charge in [-0.2, -0.15) is 0 Å². The smallest absolute Gasteiger partial charge is 0.328 e. The SMILES string of the molecule is COC(=O)[C@@H](Cc1ccc2ccccc2n1)NC(=O)CC1CCCC1. The van der Waals surface area contributed by atoms with Crippen molar-refractivity contribution in [3.8, 4) is 0 Å². The van der Waals surface area contributed by atoms with Crippen LogP contribution < -0.4 is 5.32 Å². The van der Waals surface area contributed by atoms with E-state index in [0.29, 0.717) is 18.8 Å². The van der Waals surface area contributed by atoms with Gasteiger partial charge >= 0.3 is 5.97 Å². The number of pyridine rings is 1. The Morgan fingerprint density at radius 3 is 2.72 bits per heavy atom. The lowest BCUT2D eigenvalue weighted by Gasteiger charge is -2.18. The summed E-state index contributed by atoms with van der Waals surface area (Å²) in [5.74, 6) is -0.0742. The second kappa shape index (κ2) is 8.10. The Labute approximate surface area is 147 Å². The summed E-state index contributed by atoms with van der Waals surface area (Å²) in [4.78, 5) is 29.0. The number of hydrogen-bond donors (Lipinski definition) is 1. The van der Waals surface area contributed by atoms with Crippen LogP contribution in [0, 0.1) is 5.92 Å². The Morgan fingerprint density at radius 2 is 1.96 bits per heavy atom. The highest BCUT2D eigenvalue weighted by atomic mass is 16.5. The van der Waals surface area contributed by atoms with Crippen LogP contribution in [0.2, 0.25) is 0 Å². The predicted octanol–water partition coefficient (Wildman–Crippen LogP) is 3.02. The molecule has 1 aromatic carbocycles. The Bertz CT molecular complexity index is 753. The standard InChI is InChI=1S/C20H24N2O3/c1-25-20(24)18(22-19(23)12-14-6-2-3-7-14)13-16-11-10-15-8-4-5-9-17(15)21-16/h4-5,8-11,14,18H,2-3,6-7,12-13H2,1H3,(H,22,23)/t18-/m1/s1. The monoisotopic (exact) mass is 340 g/mol. The van der Waals surface area contributed by atoms with Crippen LogP contribution in [0.25, 0.3) is 10.9 Å². The van der Waals surface area contributed by atoms with Crippen LogP contribution in [0.1, 0.15) is 37.8 Å². The number of hydrogen-bond acceptors (Lipinski definition) is 4. The largest absolute Gasteiger partial charge is 0.467 e. The molecule has 1 saturated carbocycles. The predicted molar refractivity (Wildman–Crippen MR) is 96.0 cm³/mol. The molecule has 1 amide bonds. The van der Waals surface area contributed by atoms with E-state index in [9.17, 15) is 9.59 Å². The first kappa shape index (κ1) is 17.4. The number of nitrogens with one attached hydrogen (secondary N) is 1. The van der Waals surface area contributed by atoms with E-state index < -0.39 is 12.0 Å². The van der Waals surface area contributed by atoms with Crippen molar-refractivity contribution in [2.45, 2.75) is 44.6 Å². The summed E-state index contributed by atoms with van der Waals surface area (Å²) >= 11 is 0. The minimum absolute atomic E-state index is 0.0805. The summed E-state index contributed by atoms with van der Waals surface area (Å²) < 4.78 is 4.86. The van der Waals surface area contributed by atoms with Crippen molar-refractivity contribution in [1.29, 1.82) is 0 Å². The Hall–Kier alpha value is -2.43. The van der Waals surface area contributed by atoms with Crippen LogP contribution in [0.15, 0.2) is 36.4 Å². The number of aromatic nitrogens is 1. The summed E-state index contributed by atoms with van der Waals surface area (Å²) in [5.41, 5.74) is 1.64. The lowest BCUT2D eigenvalue weighted by atomic mass is 10.0. The highest BCUT2D eigenvalue weighted by molar-refractivity contribution is 5.85. The molecule has 25 heavy (non-hydrogen) atoms. The first-order chi connectivity index (χ1) is 12.2. The number of carbonyl (C=O) groups is 2. The van der Waals surface area contributed by atoms with Crippen molar-refractivity contribution in [3.05, 3.63) is 42.1 Å². The first-order valence-electron chi connectivity index (χ1n) is 8.87. The fourth-order valence-electron chi connectivity index (χ4n) is 3.50. The maximum absolute atomic E-state index is 12.3. The summed E-state index contributed by atoms with van der Waals surface area (Å²) in [7, 11) is 1.34. The van der Waals surface area contributed by atoms with E-state index >= 15 is 0 Å². The third-order valence-corrected chi connectivity index (χ3v) is 4.84. The molecule has 1 atom stereocenters. The third-order valence-electron chi connectivity index (χ3n) is 4.84. The van der Waals surface area contributed by atoms with Gasteiger partial charge in [-0.25, -0.2) is 4.79 Å². The second-order valence-corrected chi connectivity index (χ2v) is 6.70. The highest BCUT2D eigenvalue weighted by Crippen LogP contribution is 2.27. The second-order valence-electron chi connectivity index (χ2n) is 6.70. The number of nitrogens with zero attached hydrogens (tertiary/aromatic N) is 1. The van der Waals surface area contributed by atoms with Crippen LogP contribution in [0.5, 0.6) is 0 Å². The molecule has 1 N–H and O–H groups in total. The molecule has 1 aliphatic rings. The van der Waals surface area contributed by atoms with E-state index in [1.54, 1.807) is 0 Å². The van der Waals surface area contributed by atoms with Crippen molar-refractivity contribution < 1.29 is 14.3 Å². The molecule has 132 valence electrons. The van der Waals surface area contributed by atoms with Crippen molar-refractivity contribution in [3.63, 3.8) is 0 Å². The third kappa shape index (κ3) is 4.56. The number of esters is 1. The van der Waals surface area contributed by atoms with Gasteiger partial charge in [0.05, 0.1) is 12.6 Å². The van der Waals surface area contributed by atoms with Gasteiger partial charge in [-0.3, -0.25) is 9.78 Å². The number of carbonyl (C=O) groups excluding carboxylic acids is 2. The van der Waals surface area contributed by atoms with Crippen LogP contribution in [0.4, 0.5) is 0 Å². The van der Waals surface area contributed by atoms with Crippen molar-refractivity contribution in [2.75, 3.05) is 7.11 Å². The number of amides is 1. The molecule has 5 heteroatoms. The van der Waals surface area contributed by atoms with E-state index in [0.717, 1.165) is 29.4 Å². The van der Waals surface area contributed by atoms with Gasteiger partial charge in [-0.05, 0) is 30.9 Å². The molecule has 0 spiro atoms. The fraction of sp³-hybridized carbons (Fsp3) is 0.450. The van der Waals surface area contributed by atoms with Crippen molar-refractivity contribution >= 4 is 22.8 Å². The molecule has 0 unspecified atom stereocenters. The minimum atomic E-state index is -0.701. The molecule has 0 saturated heterocycles. The zero-order chi connectivity index (χ0) is 17.6. The Balaban J connectivity index is 1.68. The van der Waals surface area contributed by atoms with E-state index in [1.165, 1.54) is 20.0 Å². The zero-order valence-electron chi connectivity index (χ0n) is 14.5. The molecule has 3 rings (SSSR count). The van der Waals surface area contributed by atoms with Gasteiger partial charge in [0, 0.05) is 23.9 Å². The van der Waals surface area contributed by atoms with Gasteiger partial charge in [0.25, 0.3) is 0 Å². The normalized spacial score (nSPS) is 15.9. The van der Waals surface area contributed by atoms with Gasteiger partial charge < -0.3 is 10.1 Å². The molecular formula is C20H24N2O3. The number of benzene rings is 1. The van der Waals surface area contributed by atoms with Gasteiger partial charge in [0.1, 0.15) is 6.04 Å².